The number of hydrogen-bond donors (Lipinski definition) is 2. The molecular formula is C26H40N4O3S. The van der Waals surface area contributed by atoms with Crippen molar-refractivity contribution in [3.63, 3.8) is 0 Å². The predicted octanol–water partition coefficient (Wildman–Crippen LogP) is 5.62. The number of amides is 1. The van der Waals surface area contributed by atoms with Crippen LogP contribution in [0.1, 0.15) is 70.0 Å². The fourth-order valence-electron chi connectivity index (χ4n) is 2.82. The number of anilines is 1. The number of benzene rings is 1. The Balaban J connectivity index is 0.00000258. The average molecular weight is 489 g/mol. The summed E-state index contributed by atoms with van der Waals surface area (Å²) in [5, 5.41) is 12.3. The number of carbonyl (C=O) groups excluding carboxylic acids is 2. The summed E-state index contributed by atoms with van der Waals surface area (Å²) in [6.07, 6.45) is 7.41. The van der Waals surface area contributed by atoms with E-state index in [-0.39, 0.29) is 24.7 Å². The standard InChI is InChI=1S/C22H28N4O3S.2C2H6/c1-3-8-18(23)11-5-6-12-20-25-26-22(30-20)24-19(27)14-16-9-7-10-17(13-16)15-21(28)29-4-2;2*1-2/h3,7-10,13H,1,4-6,11-12,14-15,23H2,2H3,(H,24,26,27);2*1-2H3/b18-8-;;. The van der Waals surface area contributed by atoms with E-state index in [2.05, 4.69) is 22.1 Å². The maximum Gasteiger partial charge on any atom is 0.310 e. The molecule has 7 nitrogen and oxygen atoms in total. The maximum absolute atomic E-state index is 12.3. The summed E-state index contributed by atoms with van der Waals surface area (Å²) < 4.78 is 4.96. The Morgan fingerprint density at radius 3 is 2.44 bits per heavy atom. The van der Waals surface area contributed by atoms with Crippen LogP contribution >= 0.6 is 11.3 Å². The van der Waals surface area contributed by atoms with Crippen molar-refractivity contribution >= 4 is 28.3 Å². The molecule has 0 aliphatic heterocycles. The number of esters is 1. The minimum atomic E-state index is -0.278. The Bertz CT molecular complexity index is 894. The van der Waals surface area contributed by atoms with E-state index in [1.807, 2.05) is 58.0 Å². The third-order valence-corrected chi connectivity index (χ3v) is 5.06. The number of aromatic nitrogens is 2. The molecule has 0 fully saturated rings. The Labute approximate surface area is 208 Å². The van der Waals surface area contributed by atoms with Gasteiger partial charge in [0, 0.05) is 12.1 Å². The number of nitrogens with one attached hydrogen (secondary N) is 1. The number of unbranched alkanes of at least 4 members (excludes halogenated alkanes) is 1. The van der Waals surface area contributed by atoms with Gasteiger partial charge in [-0.1, -0.05) is 76.0 Å². The van der Waals surface area contributed by atoms with Gasteiger partial charge in [0.25, 0.3) is 0 Å². The molecule has 1 aromatic carbocycles. The van der Waals surface area contributed by atoms with E-state index < -0.39 is 0 Å². The van der Waals surface area contributed by atoms with E-state index in [0.717, 1.165) is 47.5 Å². The van der Waals surface area contributed by atoms with Crippen molar-refractivity contribution in [2.75, 3.05) is 11.9 Å². The molecule has 0 unspecified atom stereocenters. The van der Waals surface area contributed by atoms with E-state index >= 15 is 0 Å². The summed E-state index contributed by atoms with van der Waals surface area (Å²) in [6, 6.07) is 7.37. The van der Waals surface area contributed by atoms with Gasteiger partial charge in [0.05, 0.1) is 19.4 Å². The molecule has 3 N–H and O–H groups in total. The van der Waals surface area contributed by atoms with Gasteiger partial charge < -0.3 is 15.8 Å². The molecule has 188 valence electrons. The number of ether oxygens (including phenoxy) is 1. The van der Waals surface area contributed by atoms with Crippen LogP contribution in [0.4, 0.5) is 5.13 Å². The Morgan fingerprint density at radius 1 is 1.12 bits per heavy atom. The van der Waals surface area contributed by atoms with Crippen LogP contribution in [0.15, 0.2) is 48.7 Å². The van der Waals surface area contributed by atoms with Crippen molar-refractivity contribution in [2.45, 2.75) is 73.1 Å². The van der Waals surface area contributed by atoms with E-state index in [4.69, 9.17) is 10.5 Å². The van der Waals surface area contributed by atoms with Gasteiger partial charge in [0.1, 0.15) is 5.01 Å². The smallest absolute Gasteiger partial charge is 0.310 e. The SMILES string of the molecule is C=C/C=C(\N)CCCCc1nnc(NC(=O)Cc2cccc(CC(=O)OCC)c2)s1.CC.CC. The molecule has 2 aromatic rings. The average Bonchev–Trinajstić information content (AvgIpc) is 3.27. The zero-order valence-electron chi connectivity index (χ0n) is 21.2. The lowest BCUT2D eigenvalue weighted by Crippen LogP contribution is -2.14. The Hall–Kier alpha value is -3.00. The van der Waals surface area contributed by atoms with Crippen molar-refractivity contribution in [3.05, 3.63) is 64.8 Å². The van der Waals surface area contributed by atoms with Gasteiger partial charge in [0.15, 0.2) is 0 Å². The number of aryl methyl sites for hydroxylation is 1. The van der Waals surface area contributed by atoms with E-state index in [1.54, 1.807) is 13.0 Å². The number of rotatable bonds is 12. The Kier molecular flexibility index (Phi) is 17.7. The molecule has 1 aromatic heterocycles. The number of hydrogen-bond acceptors (Lipinski definition) is 7. The number of nitrogens with zero attached hydrogens (tertiary/aromatic N) is 2. The molecule has 8 heteroatoms. The van der Waals surface area contributed by atoms with Crippen LogP contribution in [-0.2, 0) is 33.6 Å². The minimum absolute atomic E-state index is 0.173. The lowest BCUT2D eigenvalue weighted by Gasteiger charge is -2.05. The molecule has 0 radical (unpaired) electrons. The zero-order valence-corrected chi connectivity index (χ0v) is 22.0. The predicted molar refractivity (Wildman–Crippen MR) is 142 cm³/mol. The number of allylic oxidation sites excluding steroid dienone is 3. The highest BCUT2D eigenvalue weighted by Crippen LogP contribution is 2.18. The third-order valence-electron chi connectivity index (χ3n) is 4.16. The fraction of sp³-hybridized carbons (Fsp3) is 0.462. The highest BCUT2D eigenvalue weighted by atomic mass is 32.1. The van der Waals surface area contributed by atoms with Gasteiger partial charge >= 0.3 is 5.97 Å². The lowest BCUT2D eigenvalue weighted by atomic mass is 10.1. The van der Waals surface area contributed by atoms with Crippen LogP contribution in [0.3, 0.4) is 0 Å². The van der Waals surface area contributed by atoms with E-state index in [1.165, 1.54) is 11.3 Å². The molecule has 0 saturated carbocycles. The second kappa shape index (κ2) is 19.5. The molecule has 1 amide bonds. The van der Waals surface area contributed by atoms with Gasteiger partial charge in [-0.2, -0.15) is 0 Å². The van der Waals surface area contributed by atoms with E-state index in [9.17, 15) is 9.59 Å². The first-order valence-electron chi connectivity index (χ1n) is 11.9. The second-order valence-electron chi connectivity index (χ2n) is 6.71. The quantitative estimate of drug-likeness (QED) is 0.228. The number of nitrogens with two attached hydrogens (primary N) is 1. The first-order chi connectivity index (χ1) is 16.5. The van der Waals surface area contributed by atoms with Crippen LogP contribution in [0.25, 0.3) is 0 Å². The van der Waals surface area contributed by atoms with Crippen molar-refractivity contribution in [1.82, 2.24) is 10.2 Å². The molecule has 2 rings (SSSR count). The van der Waals surface area contributed by atoms with Crippen molar-refractivity contribution < 1.29 is 14.3 Å². The van der Waals surface area contributed by atoms with Gasteiger partial charge in [-0.25, -0.2) is 0 Å². The number of carbonyl (C=O) groups is 2. The summed E-state index contributed by atoms with van der Waals surface area (Å²) in [4.78, 5) is 24.0. The molecule has 0 aliphatic carbocycles. The summed E-state index contributed by atoms with van der Waals surface area (Å²) in [5.41, 5.74) is 8.29. The summed E-state index contributed by atoms with van der Waals surface area (Å²) in [5.74, 6) is -0.451. The fourth-order valence-corrected chi connectivity index (χ4v) is 3.62. The van der Waals surface area contributed by atoms with Gasteiger partial charge in [-0.05, 0) is 43.4 Å². The Morgan fingerprint density at radius 2 is 1.79 bits per heavy atom. The van der Waals surface area contributed by atoms with E-state index in [0.29, 0.717) is 11.7 Å². The monoisotopic (exact) mass is 488 g/mol. The molecular weight excluding hydrogens is 448 g/mol. The highest BCUT2D eigenvalue weighted by Gasteiger charge is 2.10. The first-order valence-corrected chi connectivity index (χ1v) is 12.7. The topological polar surface area (TPSA) is 107 Å². The lowest BCUT2D eigenvalue weighted by molar-refractivity contribution is -0.142. The molecule has 0 atom stereocenters. The summed E-state index contributed by atoms with van der Waals surface area (Å²) >= 11 is 1.38. The molecule has 1 heterocycles. The molecule has 0 aliphatic rings. The first kappa shape index (κ1) is 31.0. The van der Waals surface area contributed by atoms with Crippen molar-refractivity contribution in [2.24, 2.45) is 5.73 Å². The minimum Gasteiger partial charge on any atom is -0.466 e. The van der Waals surface area contributed by atoms with Crippen molar-refractivity contribution in [1.29, 1.82) is 0 Å². The van der Waals surface area contributed by atoms with Gasteiger partial charge in [-0.15, -0.1) is 10.2 Å². The third kappa shape index (κ3) is 13.5. The van der Waals surface area contributed by atoms with Gasteiger partial charge in [-0.3, -0.25) is 9.59 Å². The van der Waals surface area contributed by atoms with Crippen molar-refractivity contribution in [3.8, 4) is 0 Å². The highest BCUT2D eigenvalue weighted by molar-refractivity contribution is 7.15. The second-order valence-corrected chi connectivity index (χ2v) is 7.77. The van der Waals surface area contributed by atoms with Gasteiger partial charge in [0.2, 0.25) is 11.0 Å². The molecule has 0 bridgehead atoms. The van der Waals surface area contributed by atoms with Crippen LogP contribution in [0.2, 0.25) is 0 Å². The molecule has 0 spiro atoms. The molecule has 0 saturated heterocycles. The van der Waals surface area contributed by atoms with Crippen LogP contribution in [-0.4, -0.2) is 28.7 Å². The normalized spacial score (nSPS) is 10.2. The zero-order chi connectivity index (χ0) is 25.8. The van der Waals surface area contributed by atoms with Crippen LogP contribution < -0.4 is 11.1 Å². The van der Waals surface area contributed by atoms with Crippen LogP contribution in [0, 0.1) is 0 Å². The summed E-state index contributed by atoms with van der Waals surface area (Å²) in [6.45, 7) is 13.8. The largest absolute Gasteiger partial charge is 0.466 e. The maximum atomic E-state index is 12.3. The summed E-state index contributed by atoms with van der Waals surface area (Å²) in [7, 11) is 0. The molecule has 34 heavy (non-hydrogen) atoms. The van der Waals surface area contributed by atoms with Crippen LogP contribution in [0.5, 0.6) is 0 Å².